The van der Waals surface area contributed by atoms with Crippen molar-refractivity contribution in [2.24, 2.45) is 0 Å². The monoisotopic (exact) mass is 1390 g/mol. The van der Waals surface area contributed by atoms with Crippen LogP contribution in [-0.4, -0.2) is 193 Å². The smallest absolute Gasteiger partial charge is 0.220 e. The van der Waals surface area contributed by atoms with Crippen molar-refractivity contribution in [2.45, 2.75) is 465 Å². The Morgan fingerprint density at radius 3 is 0.897 bits per heavy atom. The summed E-state index contributed by atoms with van der Waals surface area (Å²) in [6.07, 6.45) is 42.0. The first-order valence-corrected chi connectivity index (χ1v) is 40.8. The molecule has 3 saturated heterocycles. The summed E-state index contributed by atoms with van der Waals surface area (Å²) in [6.45, 7) is 1.87. The van der Waals surface area contributed by atoms with Gasteiger partial charge in [-0.25, -0.2) is 0 Å². The van der Waals surface area contributed by atoms with Crippen LogP contribution in [0.1, 0.15) is 361 Å². The number of ether oxygens (including phenoxy) is 6. The molecule has 19 heteroatoms. The predicted octanol–water partition coefficient (Wildman–Crippen LogP) is 13.4. The van der Waals surface area contributed by atoms with Crippen LogP contribution in [0.25, 0.3) is 0 Å². The van der Waals surface area contributed by atoms with Gasteiger partial charge in [0.05, 0.1) is 38.6 Å². The molecule has 576 valence electrons. The van der Waals surface area contributed by atoms with Crippen LogP contribution in [-0.2, 0) is 33.2 Å². The number of aliphatic hydroxyl groups excluding tert-OH is 11. The lowest BCUT2D eigenvalue weighted by Gasteiger charge is -2.48. The summed E-state index contributed by atoms with van der Waals surface area (Å²) in [4.78, 5) is 13.5. The molecule has 0 aliphatic carbocycles. The quantitative estimate of drug-likeness (QED) is 0.0252. The van der Waals surface area contributed by atoms with Gasteiger partial charge in [-0.05, 0) is 12.8 Å². The van der Waals surface area contributed by atoms with E-state index in [2.05, 4.69) is 19.2 Å². The Morgan fingerprint density at radius 2 is 0.588 bits per heavy atom. The number of aliphatic hydroxyl groups is 11. The van der Waals surface area contributed by atoms with E-state index in [-0.39, 0.29) is 18.9 Å². The molecule has 3 rings (SSSR count). The van der Waals surface area contributed by atoms with Gasteiger partial charge >= 0.3 is 0 Å². The van der Waals surface area contributed by atoms with Crippen molar-refractivity contribution in [3.63, 3.8) is 0 Å². The lowest BCUT2D eigenvalue weighted by Crippen LogP contribution is -2.66. The Bertz CT molecular complexity index is 1760. The summed E-state index contributed by atoms with van der Waals surface area (Å²) in [6, 6.07) is -0.883. The molecule has 12 N–H and O–H groups in total. The van der Waals surface area contributed by atoms with Crippen molar-refractivity contribution in [2.75, 3.05) is 26.4 Å². The van der Waals surface area contributed by atoms with Gasteiger partial charge in [0.1, 0.15) is 73.2 Å². The van der Waals surface area contributed by atoms with E-state index in [1.807, 2.05) is 0 Å². The molecule has 0 aromatic rings. The molecule has 0 spiro atoms. The van der Waals surface area contributed by atoms with Gasteiger partial charge < -0.3 is 89.9 Å². The average Bonchev–Trinajstić information content (AvgIpc) is 0.842. The van der Waals surface area contributed by atoms with Gasteiger partial charge in [0, 0.05) is 6.42 Å². The van der Waals surface area contributed by atoms with Crippen LogP contribution in [0.3, 0.4) is 0 Å². The first kappa shape index (κ1) is 90.0. The molecule has 0 saturated carbocycles. The van der Waals surface area contributed by atoms with E-state index in [9.17, 15) is 61.0 Å². The van der Waals surface area contributed by atoms with E-state index in [0.717, 1.165) is 44.9 Å². The predicted molar refractivity (Wildman–Crippen MR) is 384 cm³/mol. The highest BCUT2D eigenvalue weighted by molar-refractivity contribution is 5.76. The van der Waals surface area contributed by atoms with Gasteiger partial charge in [-0.1, -0.05) is 341 Å². The molecule has 17 unspecified atom stereocenters. The molecular weight excluding hydrogens is 1240 g/mol. The topological polar surface area (TPSA) is 307 Å². The Labute approximate surface area is 589 Å². The second-order valence-corrected chi connectivity index (χ2v) is 29.6. The van der Waals surface area contributed by atoms with Crippen molar-refractivity contribution in [1.29, 1.82) is 0 Å². The summed E-state index contributed by atoms with van der Waals surface area (Å²) in [5, 5.41) is 121. The van der Waals surface area contributed by atoms with Gasteiger partial charge in [-0.3, -0.25) is 4.79 Å². The Balaban J connectivity index is 1.35. The van der Waals surface area contributed by atoms with E-state index in [4.69, 9.17) is 28.4 Å². The number of amides is 1. The Morgan fingerprint density at radius 1 is 0.330 bits per heavy atom. The normalized spacial score (nSPS) is 26.8. The van der Waals surface area contributed by atoms with Crippen LogP contribution >= 0.6 is 0 Å². The van der Waals surface area contributed by atoms with E-state index in [1.54, 1.807) is 0 Å². The minimum absolute atomic E-state index is 0.233. The highest BCUT2D eigenvalue weighted by atomic mass is 16.8. The van der Waals surface area contributed by atoms with Crippen LogP contribution in [0.4, 0.5) is 0 Å². The van der Waals surface area contributed by atoms with Gasteiger partial charge in [-0.2, -0.15) is 0 Å². The number of hydrogen-bond donors (Lipinski definition) is 12. The third-order valence-electron chi connectivity index (χ3n) is 20.9. The van der Waals surface area contributed by atoms with Crippen molar-refractivity contribution in [3.8, 4) is 0 Å². The summed E-state index contributed by atoms with van der Waals surface area (Å²) < 4.78 is 34.5. The molecular formula is C78H151NO18. The Kier molecular flexibility index (Phi) is 55.8. The van der Waals surface area contributed by atoms with E-state index in [0.29, 0.717) is 12.8 Å². The lowest BCUT2D eigenvalue weighted by molar-refractivity contribution is -0.379. The fourth-order valence-electron chi connectivity index (χ4n) is 14.4. The van der Waals surface area contributed by atoms with Gasteiger partial charge in [-0.15, -0.1) is 0 Å². The molecule has 0 radical (unpaired) electrons. The van der Waals surface area contributed by atoms with Crippen molar-refractivity contribution in [3.05, 3.63) is 0 Å². The maximum absolute atomic E-state index is 13.5. The summed E-state index contributed by atoms with van der Waals surface area (Å²) in [7, 11) is 0. The molecule has 3 aliphatic heterocycles. The summed E-state index contributed by atoms with van der Waals surface area (Å²) >= 11 is 0. The molecule has 17 atom stereocenters. The minimum atomic E-state index is -1.97. The first-order valence-electron chi connectivity index (χ1n) is 40.8. The highest BCUT2D eigenvalue weighted by Crippen LogP contribution is 2.33. The van der Waals surface area contributed by atoms with Crippen molar-refractivity contribution in [1.82, 2.24) is 5.32 Å². The lowest BCUT2D eigenvalue weighted by atomic mass is 9.96. The van der Waals surface area contributed by atoms with Gasteiger partial charge in [0.25, 0.3) is 0 Å². The Hall–Kier alpha value is -1.21. The molecule has 19 nitrogen and oxygen atoms in total. The highest BCUT2D eigenvalue weighted by Gasteiger charge is 2.54. The number of carbonyl (C=O) groups excluding carboxylic acids is 1. The number of rotatable bonds is 66. The zero-order chi connectivity index (χ0) is 70.4. The molecule has 97 heavy (non-hydrogen) atoms. The SMILES string of the molecule is CCCCCCCCCCCCCCCCCCCCCCCCCCCCCCCCCCC(O)C(COC1OC(CO)C(OC2OC(CO)C(OC3OC(CO)C(O)C(O)C3O)C(O)C2O)C(O)C1O)NC(=O)CCCCCCCCCCCCCCCCCCCCCC. The minimum Gasteiger partial charge on any atom is -0.394 e. The maximum Gasteiger partial charge on any atom is 0.220 e. The molecule has 1 amide bonds. The zero-order valence-electron chi connectivity index (χ0n) is 61.6. The zero-order valence-corrected chi connectivity index (χ0v) is 61.6. The second kappa shape index (κ2) is 60.1. The van der Waals surface area contributed by atoms with E-state index in [1.165, 1.54) is 283 Å². The van der Waals surface area contributed by atoms with Crippen molar-refractivity contribution >= 4 is 5.91 Å². The van der Waals surface area contributed by atoms with Gasteiger partial charge in [0.2, 0.25) is 5.91 Å². The standard InChI is InChI=1S/C78H151NO18/c1-3-5-7-9-11-13-15-17-19-21-23-25-26-27-28-29-30-31-32-33-34-35-36-37-39-41-43-45-47-49-51-53-55-62(83)61(79-66(84)56-54-52-50-48-46-44-42-40-38-24-22-20-18-16-14-12-10-8-6-4-2)60-92-76-72(90)69(87)74(64(58-81)94-76)97-78-73(91)70(88)75(65(59-82)95-78)96-77-71(89)68(86)67(85)63(57-80)93-77/h61-65,67-78,80-83,85-91H,3-60H2,1-2H3,(H,79,84). The first-order chi connectivity index (χ1) is 47.3. The van der Waals surface area contributed by atoms with Crippen molar-refractivity contribution < 1.29 is 89.4 Å². The maximum atomic E-state index is 13.5. The number of nitrogens with one attached hydrogen (secondary N) is 1. The summed E-state index contributed by atoms with van der Waals surface area (Å²) in [5.41, 5.74) is 0. The molecule has 0 aromatic carbocycles. The van der Waals surface area contributed by atoms with Gasteiger partial charge in [0.15, 0.2) is 18.9 Å². The van der Waals surface area contributed by atoms with Crippen LogP contribution in [0.5, 0.6) is 0 Å². The van der Waals surface area contributed by atoms with Crippen LogP contribution < -0.4 is 5.32 Å². The van der Waals surface area contributed by atoms with Crippen LogP contribution in [0.2, 0.25) is 0 Å². The third kappa shape index (κ3) is 40.6. The van der Waals surface area contributed by atoms with Crippen LogP contribution in [0.15, 0.2) is 0 Å². The fourth-order valence-corrected chi connectivity index (χ4v) is 14.4. The molecule has 0 aromatic heterocycles. The summed E-state index contributed by atoms with van der Waals surface area (Å²) in [5.74, 6) is -0.233. The van der Waals surface area contributed by atoms with E-state index < -0.39 is 124 Å². The number of hydrogen-bond acceptors (Lipinski definition) is 18. The fraction of sp³-hybridized carbons (Fsp3) is 0.987. The largest absolute Gasteiger partial charge is 0.394 e. The number of carbonyl (C=O) groups is 1. The average molecular weight is 1390 g/mol. The van der Waals surface area contributed by atoms with Crippen LogP contribution in [0, 0.1) is 0 Å². The molecule has 3 heterocycles. The second-order valence-electron chi connectivity index (χ2n) is 29.6. The third-order valence-corrected chi connectivity index (χ3v) is 20.9. The molecule has 3 aliphatic rings. The number of unbranched alkanes of at least 4 members (excludes halogenated alkanes) is 50. The molecule has 3 fully saturated rings. The van der Waals surface area contributed by atoms with E-state index >= 15 is 0 Å². The molecule has 0 bridgehead atoms.